The number of sulfonamides is 1. The van der Waals surface area contributed by atoms with Crippen LogP contribution in [0.5, 0.6) is 11.5 Å². The minimum absolute atomic E-state index is 0.302. The number of unbranched alkanes of at least 4 members (excludes halogenated alkanes) is 2. The van der Waals surface area contributed by atoms with Crippen molar-refractivity contribution in [2.24, 2.45) is 0 Å². The molecule has 0 amide bonds. The van der Waals surface area contributed by atoms with E-state index in [1.165, 1.54) is 11.1 Å². The second-order valence-electron chi connectivity index (χ2n) is 8.85. The highest BCUT2D eigenvalue weighted by atomic mass is 32.2. The molecule has 3 aromatic rings. The first kappa shape index (κ1) is 25.2. The molecule has 0 radical (unpaired) electrons. The summed E-state index contributed by atoms with van der Waals surface area (Å²) in [5.41, 5.74) is 4.69. The molecule has 1 heterocycles. The number of hydrogen-bond acceptors (Lipinski definition) is 5. The van der Waals surface area contributed by atoms with E-state index in [9.17, 15) is 8.42 Å². The van der Waals surface area contributed by atoms with Crippen molar-refractivity contribution >= 4 is 10.0 Å². The van der Waals surface area contributed by atoms with Gasteiger partial charge in [-0.25, -0.2) is 13.1 Å². The van der Waals surface area contributed by atoms with Gasteiger partial charge < -0.3 is 9.47 Å². The van der Waals surface area contributed by atoms with Gasteiger partial charge in [-0.1, -0.05) is 48.9 Å². The SMILES string of the molecule is COc1cc2c(cc1OC)CN(CCCCCNS(=O)(=O)c1ccc(-c3ccccc3)cc1)CC2. The van der Waals surface area contributed by atoms with E-state index in [-0.39, 0.29) is 0 Å². The van der Waals surface area contributed by atoms with Crippen LogP contribution in [-0.4, -0.2) is 47.2 Å². The lowest BCUT2D eigenvalue weighted by molar-refractivity contribution is 0.247. The summed E-state index contributed by atoms with van der Waals surface area (Å²) in [6, 6.07) is 21.2. The Balaban J connectivity index is 1.19. The van der Waals surface area contributed by atoms with Gasteiger partial charge in [-0.2, -0.15) is 0 Å². The summed E-state index contributed by atoms with van der Waals surface area (Å²) < 4.78 is 38.9. The average molecular weight is 495 g/mol. The molecule has 186 valence electrons. The van der Waals surface area contributed by atoms with E-state index in [4.69, 9.17) is 9.47 Å². The Kier molecular flexibility index (Phi) is 8.44. The highest BCUT2D eigenvalue weighted by Gasteiger charge is 2.19. The fraction of sp³-hybridized carbons (Fsp3) is 0.357. The monoisotopic (exact) mass is 494 g/mol. The number of hydrogen-bond donors (Lipinski definition) is 1. The molecule has 1 aliphatic heterocycles. The minimum Gasteiger partial charge on any atom is -0.493 e. The summed E-state index contributed by atoms with van der Waals surface area (Å²) in [5, 5.41) is 0. The zero-order chi connectivity index (χ0) is 24.7. The quantitative estimate of drug-likeness (QED) is 0.385. The molecule has 0 spiro atoms. The summed E-state index contributed by atoms with van der Waals surface area (Å²) in [7, 11) is -0.162. The maximum absolute atomic E-state index is 12.6. The summed E-state index contributed by atoms with van der Waals surface area (Å²) in [6.07, 6.45) is 3.83. The highest BCUT2D eigenvalue weighted by molar-refractivity contribution is 7.89. The van der Waals surface area contributed by atoms with E-state index in [0.717, 1.165) is 67.9 Å². The van der Waals surface area contributed by atoms with Gasteiger partial charge in [-0.15, -0.1) is 0 Å². The molecule has 0 atom stereocenters. The normalized spacial score (nSPS) is 13.9. The van der Waals surface area contributed by atoms with Crippen LogP contribution in [0.2, 0.25) is 0 Å². The van der Waals surface area contributed by atoms with Crippen LogP contribution in [0.15, 0.2) is 71.6 Å². The number of methoxy groups -OCH3 is 2. The smallest absolute Gasteiger partial charge is 0.240 e. The van der Waals surface area contributed by atoms with E-state index >= 15 is 0 Å². The van der Waals surface area contributed by atoms with Gasteiger partial charge in [0.2, 0.25) is 10.0 Å². The zero-order valence-electron chi connectivity index (χ0n) is 20.5. The van der Waals surface area contributed by atoms with Crippen molar-refractivity contribution in [3.63, 3.8) is 0 Å². The van der Waals surface area contributed by atoms with Gasteiger partial charge in [0.1, 0.15) is 0 Å². The summed E-state index contributed by atoms with van der Waals surface area (Å²) in [6.45, 7) is 3.37. The number of benzene rings is 3. The van der Waals surface area contributed by atoms with Gasteiger partial charge in [0.25, 0.3) is 0 Å². The number of nitrogens with one attached hydrogen (secondary N) is 1. The fourth-order valence-electron chi connectivity index (χ4n) is 4.52. The molecule has 0 bridgehead atoms. The summed E-state index contributed by atoms with van der Waals surface area (Å²) in [5.74, 6) is 1.56. The largest absolute Gasteiger partial charge is 0.493 e. The Labute approximate surface area is 208 Å². The first-order valence-corrected chi connectivity index (χ1v) is 13.6. The standard InChI is InChI=1S/C28H34N2O4S/c1-33-27-19-24-15-18-30(21-25(24)20-28(27)34-2)17-8-4-7-16-29-35(31,32)26-13-11-23(12-14-26)22-9-5-3-6-10-22/h3,5-6,9-14,19-20,29H,4,7-8,15-18,21H2,1-2H3. The first-order valence-electron chi connectivity index (χ1n) is 12.1. The third-order valence-electron chi connectivity index (χ3n) is 6.51. The molecule has 1 N–H and O–H groups in total. The van der Waals surface area contributed by atoms with Crippen molar-refractivity contribution < 1.29 is 17.9 Å². The van der Waals surface area contributed by atoms with Crippen LogP contribution in [-0.2, 0) is 23.0 Å². The summed E-state index contributed by atoms with van der Waals surface area (Å²) >= 11 is 0. The number of ether oxygens (including phenoxy) is 2. The molecule has 0 unspecified atom stereocenters. The molecule has 0 fully saturated rings. The Morgan fingerprint density at radius 1 is 0.829 bits per heavy atom. The van der Waals surface area contributed by atoms with Crippen molar-refractivity contribution in [2.75, 3.05) is 33.9 Å². The van der Waals surface area contributed by atoms with Crippen LogP contribution < -0.4 is 14.2 Å². The van der Waals surface area contributed by atoms with Gasteiger partial charge in [-0.3, -0.25) is 4.90 Å². The van der Waals surface area contributed by atoms with Crippen molar-refractivity contribution in [1.29, 1.82) is 0 Å². The molecular formula is C28H34N2O4S. The van der Waals surface area contributed by atoms with E-state index in [2.05, 4.69) is 21.8 Å². The molecule has 1 aliphatic rings. The van der Waals surface area contributed by atoms with Crippen LogP contribution in [0.3, 0.4) is 0 Å². The maximum Gasteiger partial charge on any atom is 0.240 e. The van der Waals surface area contributed by atoms with Crippen LogP contribution in [0.4, 0.5) is 0 Å². The van der Waals surface area contributed by atoms with E-state index in [0.29, 0.717) is 11.4 Å². The number of nitrogens with zero attached hydrogens (tertiary/aromatic N) is 1. The first-order chi connectivity index (χ1) is 17.0. The Morgan fingerprint density at radius 2 is 1.49 bits per heavy atom. The molecule has 0 aliphatic carbocycles. The molecule has 0 saturated carbocycles. The minimum atomic E-state index is -3.50. The lowest BCUT2D eigenvalue weighted by Gasteiger charge is -2.29. The van der Waals surface area contributed by atoms with E-state index in [1.807, 2.05) is 42.5 Å². The van der Waals surface area contributed by atoms with Gasteiger partial charge in [0.15, 0.2) is 11.5 Å². The third kappa shape index (κ3) is 6.42. The van der Waals surface area contributed by atoms with Crippen LogP contribution in [0.1, 0.15) is 30.4 Å². The number of rotatable bonds is 11. The van der Waals surface area contributed by atoms with Crippen LogP contribution in [0.25, 0.3) is 11.1 Å². The molecule has 6 nitrogen and oxygen atoms in total. The van der Waals surface area contributed by atoms with E-state index < -0.39 is 10.0 Å². The molecule has 0 aromatic heterocycles. The zero-order valence-corrected chi connectivity index (χ0v) is 21.3. The van der Waals surface area contributed by atoms with Crippen molar-refractivity contribution in [2.45, 2.75) is 37.1 Å². The molecular weight excluding hydrogens is 460 g/mol. The Morgan fingerprint density at radius 3 is 2.17 bits per heavy atom. The van der Waals surface area contributed by atoms with Gasteiger partial charge in [-0.05, 0) is 72.3 Å². The Bertz CT molecular complexity index is 1210. The summed E-state index contributed by atoms with van der Waals surface area (Å²) in [4.78, 5) is 2.75. The predicted molar refractivity (Wildman–Crippen MR) is 139 cm³/mol. The van der Waals surface area contributed by atoms with Crippen molar-refractivity contribution in [1.82, 2.24) is 9.62 Å². The predicted octanol–water partition coefficient (Wildman–Crippen LogP) is 4.88. The molecule has 7 heteroatoms. The second-order valence-corrected chi connectivity index (χ2v) is 10.6. The molecule has 35 heavy (non-hydrogen) atoms. The highest BCUT2D eigenvalue weighted by Crippen LogP contribution is 2.33. The lowest BCUT2D eigenvalue weighted by Crippen LogP contribution is -2.31. The maximum atomic E-state index is 12.6. The average Bonchev–Trinajstić information content (AvgIpc) is 2.90. The van der Waals surface area contributed by atoms with E-state index in [1.54, 1.807) is 26.4 Å². The number of fused-ring (bicyclic) bond motifs is 1. The van der Waals surface area contributed by atoms with Crippen molar-refractivity contribution in [3.05, 3.63) is 77.9 Å². The molecule has 4 rings (SSSR count). The molecule has 3 aromatic carbocycles. The lowest BCUT2D eigenvalue weighted by atomic mass is 9.98. The van der Waals surface area contributed by atoms with Gasteiger partial charge >= 0.3 is 0 Å². The third-order valence-corrected chi connectivity index (χ3v) is 7.99. The topological polar surface area (TPSA) is 67.9 Å². The van der Waals surface area contributed by atoms with Crippen LogP contribution >= 0.6 is 0 Å². The van der Waals surface area contributed by atoms with Crippen LogP contribution in [0, 0.1) is 0 Å². The molecule has 0 saturated heterocycles. The van der Waals surface area contributed by atoms with Crippen molar-refractivity contribution in [3.8, 4) is 22.6 Å². The Hall–Kier alpha value is -2.87. The second kappa shape index (κ2) is 11.7. The van der Waals surface area contributed by atoms with Gasteiger partial charge in [0, 0.05) is 19.6 Å². The fourth-order valence-corrected chi connectivity index (χ4v) is 5.59. The van der Waals surface area contributed by atoms with Gasteiger partial charge in [0.05, 0.1) is 19.1 Å².